The Bertz CT molecular complexity index is 575. The zero-order chi connectivity index (χ0) is 14.5. The molecule has 2 rings (SSSR count). The molecule has 0 bridgehead atoms. The van der Waals surface area contributed by atoms with Gasteiger partial charge in [0.2, 0.25) is 0 Å². The zero-order valence-corrected chi connectivity index (χ0v) is 12.4. The third kappa shape index (κ3) is 3.92. The van der Waals surface area contributed by atoms with Crippen LogP contribution in [0.2, 0.25) is 5.02 Å². The van der Waals surface area contributed by atoms with Gasteiger partial charge >= 0.3 is 0 Å². The number of ketones is 1. The van der Waals surface area contributed by atoms with Crippen LogP contribution in [0.5, 0.6) is 0 Å². The molecule has 2 aromatic carbocycles. The van der Waals surface area contributed by atoms with Crippen molar-refractivity contribution in [1.82, 2.24) is 5.32 Å². The van der Waals surface area contributed by atoms with Crippen LogP contribution in [0, 0.1) is 6.92 Å². The maximum atomic E-state index is 12.2. The van der Waals surface area contributed by atoms with Crippen LogP contribution < -0.4 is 5.32 Å². The third-order valence-electron chi connectivity index (χ3n) is 3.25. The second kappa shape index (κ2) is 6.69. The third-order valence-corrected chi connectivity index (χ3v) is 3.51. The zero-order valence-electron chi connectivity index (χ0n) is 11.7. The summed E-state index contributed by atoms with van der Waals surface area (Å²) in [7, 11) is 0. The minimum Gasteiger partial charge on any atom is -0.303 e. The lowest BCUT2D eigenvalue weighted by Gasteiger charge is -2.13. The van der Waals surface area contributed by atoms with Crippen molar-refractivity contribution in [2.75, 3.05) is 0 Å². The van der Waals surface area contributed by atoms with E-state index >= 15 is 0 Å². The van der Waals surface area contributed by atoms with Crippen LogP contribution in [0.3, 0.4) is 0 Å². The minimum atomic E-state index is -0.214. The fourth-order valence-corrected chi connectivity index (χ4v) is 2.06. The smallest absolute Gasteiger partial charge is 0.179 e. The Hall–Kier alpha value is -1.64. The van der Waals surface area contributed by atoms with Crippen LogP contribution in [0.4, 0.5) is 0 Å². The number of nitrogens with one attached hydrogen (secondary N) is 1. The molecule has 0 saturated carbocycles. The molecule has 0 aliphatic heterocycles. The number of hydrogen-bond acceptors (Lipinski definition) is 2. The Morgan fingerprint density at radius 3 is 2.30 bits per heavy atom. The van der Waals surface area contributed by atoms with Gasteiger partial charge in [-0.3, -0.25) is 4.79 Å². The van der Waals surface area contributed by atoms with E-state index in [9.17, 15) is 4.79 Å². The molecule has 0 radical (unpaired) electrons. The number of benzene rings is 2. The number of halogens is 1. The second-order valence-corrected chi connectivity index (χ2v) is 5.40. The van der Waals surface area contributed by atoms with Gasteiger partial charge in [-0.05, 0) is 31.5 Å². The maximum Gasteiger partial charge on any atom is 0.179 e. The molecule has 20 heavy (non-hydrogen) atoms. The molecule has 0 fully saturated rings. The number of carbonyl (C=O) groups excluding carboxylic acids is 1. The minimum absolute atomic E-state index is 0.110. The maximum absolute atomic E-state index is 12.2. The molecule has 2 aromatic rings. The van der Waals surface area contributed by atoms with Gasteiger partial charge in [0.1, 0.15) is 0 Å². The van der Waals surface area contributed by atoms with E-state index in [-0.39, 0.29) is 11.8 Å². The topological polar surface area (TPSA) is 29.1 Å². The summed E-state index contributed by atoms with van der Waals surface area (Å²) in [6.45, 7) is 4.55. The molecule has 0 spiro atoms. The van der Waals surface area contributed by atoms with E-state index in [0.717, 1.165) is 21.7 Å². The highest BCUT2D eigenvalue weighted by atomic mass is 35.5. The van der Waals surface area contributed by atoms with E-state index in [2.05, 4.69) is 5.32 Å². The summed E-state index contributed by atoms with van der Waals surface area (Å²) in [6.07, 6.45) is 0. The first kappa shape index (κ1) is 14.8. The molecular formula is C17H18ClNO. The standard InChI is InChI=1S/C17H18ClNO/c1-12-3-7-15(8-4-12)17(20)13(2)19-11-14-5-9-16(18)10-6-14/h3-10,13,19H,11H2,1-2H3. The van der Waals surface area contributed by atoms with Crippen molar-refractivity contribution >= 4 is 17.4 Å². The summed E-state index contributed by atoms with van der Waals surface area (Å²) in [5.74, 6) is 0.110. The van der Waals surface area contributed by atoms with Gasteiger partial charge in [0.05, 0.1) is 6.04 Å². The SMILES string of the molecule is Cc1ccc(C(=O)C(C)NCc2ccc(Cl)cc2)cc1. The van der Waals surface area contributed by atoms with Crippen molar-refractivity contribution in [3.8, 4) is 0 Å². The van der Waals surface area contributed by atoms with Gasteiger partial charge < -0.3 is 5.32 Å². The molecule has 0 heterocycles. The quantitative estimate of drug-likeness (QED) is 0.842. The summed E-state index contributed by atoms with van der Waals surface area (Å²) in [4.78, 5) is 12.2. The highest BCUT2D eigenvalue weighted by molar-refractivity contribution is 6.30. The van der Waals surface area contributed by atoms with E-state index in [1.165, 1.54) is 0 Å². The molecule has 104 valence electrons. The van der Waals surface area contributed by atoms with Gasteiger partial charge in [0, 0.05) is 17.1 Å². The number of hydrogen-bond donors (Lipinski definition) is 1. The van der Waals surface area contributed by atoms with Gasteiger partial charge in [-0.1, -0.05) is 53.6 Å². The van der Waals surface area contributed by atoms with Gasteiger partial charge in [0.25, 0.3) is 0 Å². The normalized spacial score (nSPS) is 12.2. The fraction of sp³-hybridized carbons (Fsp3) is 0.235. The molecule has 0 aromatic heterocycles. The van der Waals surface area contributed by atoms with Crippen molar-refractivity contribution in [1.29, 1.82) is 0 Å². The number of Topliss-reactive ketones (excluding diaryl/α,β-unsaturated/α-hetero) is 1. The van der Waals surface area contributed by atoms with Crippen LogP contribution in [0.25, 0.3) is 0 Å². The van der Waals surface area contributed by atoms with Crippen LogP contribution in [0.1, 0.15) is 28.4 Å². The average Bonchev–Trinajstić information content (AvgIpc) is 2.46. The molecule has 0 aliphatic rings. The summed E-state index contributed by atoms with van der Waals surface area (Å²) < 4.78 is 0. The van der Waals surface area contributed by atoms with Crippen LogP contribution in [-0.2, 0) is 6.54 Å². The molecule has 0 amide bonds. The summed E-state index contributed by atoms with van der Waals surface area (Å²) in [5.41, 5.74) is 3.01. The summed E-state index contributed by atoms with van der Waals surface area (Å²) in [6, 6.07) is 15.1. The van der Waals surface area contributed by atoms with Gasteiger partial charge in [-0.15, -0.1) is 0 Å². The first-order valence-corrected chi connectivity index (χ1v) is 7.03. The van der Waals surface area contributed by atoms with Crippen molar-refractivity contribution in [3.63, 3.8) is 0 Å². The number of rotatable bonds is 5. The predicted molar refractivity (Wildman–Crippen MR) is 83.3 cm³/mol. The van der Waals surface area contributed by atoms with Crippen molar-refractivity contribution in [2.24, 2.45) is 0 Å². The molecule has 1 N–H and O–H groups in total. The first-order chi connectivity index (χ1) is 9.56. The monoisotopic (exact) mass is 287 g/mol. The van der Waals surface area contributed by atoms with E-state index in [1.54, 1.807) is 0 Å². The lowest BCUT2D eigenvalue weighted by molar-refractivity contribution is 0.0950. The Kier molecular flexibility index (Phi) is 4.94. The van der Waals surface area contributed by atoms with Crippen LogP contribution >= 0.6 is 11.6 Å². The lowest BCUT2D eigenvalue weighted by atomic mass is 10.0. The van der Waals surface area contributed by atoms with Crippen molar-refractivity contribution in [2.45, 2.75) is 26.4 Å². The van der Waals surface area contributed by atoms with E-state index in [1.807, 2.05) is 62.4 Å². The van der Waals surface area contributed by atoms with Crippen LogP contribution in [0.15, 0.2) is 48.5 Å². The number of aryl methyl sites for hydroxylation is 1. The van der Waals surface area contributed by atoms with Gasteiger partial charge in [0.15, 0.2) is 5.78 Å². The first-order valence-electron chi connectivity index (χ1n) is 6.65. The molecule has 1 atom stereocenters. The summed E-state index contributed by atoms with van der Waals surface area (Å²) in [5, 5.41) is 3.96. The Labute approximate surface area is 124 Å². The molecular weight excluding hydrogens is 270 g/mol. The van der Waals surface area contributed by atoms with Gasteiger partial charge in [-0.2, -0.15) is 0 Å². The van der Waals surface area contributed by atoms with Crippen LogP contribution in [-0.4, -0.2) is 11.8 Å². The molecule has 0 saturated heterocycles. The predicted octanol–water partition coefficient (Wildman–Crippen LogP) is 4.01. The van der Waals surface area contributed by atoms with Crippen molar-refractivity contribution < 1.29 is 4.79 Å². The molecule has 3 heteroatoms. The largest absolute Gasteiger partial charge is 0.303 e. The average molecular weight is 288 g/mol. The molecule has 1 unspecified atom stereocenters. The summed E-state index contributed by atoms with van der Waals surface area (Å²) >= 11 is 5.84. The Balaban J connectivity index is 1.94. The van der Waals surface area contributed by atoms with Crippen molar-refractivity contribution in [3.05, 3.63) is 70.2 Å². The van der Waals surface area contributed by atoms with E-state index in [4.69, 9.17) is 11.6 Å². The molecule has 0 aliphatic carbocycles. The van der Waals surface area contributed by atoms with E-state index < -0.39 is 0 Å². The van der Waals surface area contributed by atoms with E-state index in [0.29, 0.717) is 6.54 Å². The molecule has 2 nitrogen and oxygen atoms in total. The second-order valence-electron chi connectivity index (χ2n) is 4.96. The Morgan fingerprint density at radius 1 is 1.10 bits per heavy atom. The number of carbonyl (C=O) groups is 1. The highest BCUT2D eigenvalue weighted by Gasteiger charge is 2.14. The van der Waals surface area contributed by atoms with Gasteiger partial charge in [-0.25, -0.2) is 0 Å². The fourth-order valence-electron chi connectivity index (χ4n) is 1.93. The highest BCUT2D eigenvalue weighted by Crippen LogP contribution is 2.10. The lowest BCUT2D eigenvalue weighted by Crippen LogP contribution is -2.33. The Morgan fingerprint density at radius 2 is 1.70 bits per heavy atom.